The lowest BCUT2D eigenvalue weighted by Gasteiger charge is -2.41. The summed E-state index contributed by atoms with van der Waals surface area (Å²) >= 11 is 0. The van der Waals surface area contributed by atoms with E-state index in [1.54, 1.807) is 0 Å². The van der Waals surface area contributed by atoms with Crippen LogP contribution in [0, 0.1) is 0 Å². The smallest absolute Gasteiger partial charge is 0.0296 e. The van der Waals surface area contributed by atoms with Crippen LogP contribution in [0.2, 0.25) is 0 Å². The number of nitrogens with zero attached hydrogens (tertiary/aromatic N) is 1. The summed E-state index contributed by atoms with van der Waals surface area (Å²) in [6, 6.07) is 0.628. The molecule has 2 nitrogen and oxygen atoms in total. The van der Waals surface area contributed by atoms with E-state index in [0.29, 0.717) is 6.04 Å². The van der Waals surface area contributed by atoms with E-state index in [2.05, 4.69) is 25.8 Å². The topological polar surface area (TPSA) is 29.3 Å². The lowest BCUT2D eigenvalue weighted by molar-refractivity contribution is 0.0455. The Bertz CT molecular complexity index is 148. The van der Waals surface area contributed by atoms with Gasteiger partial charge in [-0.25, -0.2) is 5.01 Å². The van der Waals surface area contributed by atoms with Crippen LogP contribution in [0.4, 0.5) is 0 Å². The Balaban J connectivity index is 2.49. The Hall–Kier alpha value is -0.0800. The minimum atomic E-state index is 0.169. The molecule has 1 saturated carbocycles. The molecule has 2 heteroatoms. The normalized spacial score (nSPS) is 21.0. The second-order valence-corrected chi connectivity index (χ2v) is 4.87. The fourth-order valence-electron chi connectivity index (χ4n) is 2.04. The van der Waals surface area contributed by atoms with Gasteiger partial charge in [-0.1, -0.05) is 26.2 Å². The number of hydrazine groups is 1. The largest absolute Gasteiger partial charge is 0.268 e. The fraction of sp³-hybridized carbons (Fsp3) is 1.00. The number of hydrogen-bond donors (Lipinski definition) is 1. The van der Waals surface area contributed by atoms with Gasteiger partial charge in [0.15, 0.2) is 0 Å². The Labute approximate surface area is 82.5 Å². The van der Waals surface area contributed by atoms with Crippen LogP contribution in [0.1, 0.15) is 59.3 Å². The summed E-state index contributed by atoms with van der Waals surface area (Å²) in [6.45, 7) is 6.69. The molecule has 1 rings (SSSR count). The van der Waals surface area contributed by atoms with Crippen LogP contribution in [0.25, 0.3) is 0 Å². The van der Waals surface area contributed by atoms with E-state index < -0.39 is 0 Å². The molecule has 0 saturated heterocycles. The van der Waals surface area contributed by atoms with Crippen LogP contribution in [-0.4, -0.2) is 16.6 Å². The molecule has 1 aliphatic carbocycles. The molecule has 1 aliphatic rings. The second kappa shape index (κ2) is 4.43. The molecule has 2 N–H and O–H groups in total. The summed E-state index contributed by atoms with van der Waals surface area (Å²) in [5.74, 6) is 6.17. The summed E-state index contributed by atoms with van der Waals surface area (Å²) in [4.78, 5) is 0. The van der Waals surface area contributed by atoms with E-state index in [4.69, 9.17) is 5.84 Å². The molecule has 0 bridgehead atoms. The maximum atomic E-state index is 6.17. The van der Waals surface area contributed by atoms with Gasteiger partial charge in [0.2, 0.25) is 0 Å². The van der Waals surface area contributed by atoms with Crippen LogP contribution >= 0.6 is 0 Å². The van der Waals surface area contributed by atoms with Crippen LogP contribution in [0.15, 0.2) is 0 Å². The number of nitrogens with two attached hydrogens (primary N) is 1. The lowest BCUT2D eigenvalue weighted by Crippen LogP contribution is -2.54. The van der Waals surface area contributed by atoms with Crippen molar-refractivity contribution in [1.29, 1.82) is 0 Å². The highest BCUT2D eigenvalue weighted by Crippen LogP contribution is 2.26. The van der Waals surface area contributed by atoms with Crippen molar-refractivity contribution in [3.05, 3.63) is 0 Å². The maximum Gasteiger partial charge on any atom is 0.0296 e. The van der Waals surface area contributed by atoms with Crippen molar-refractivity contribution in [3.63, 3.8) is 0 Å². The van der Waals surface area contributed by atoms with Gasteiger partial charge in [0.25, 0.3) is 0 Å². The molecule has 13 heavy (non-hydrogen) atoms. The molecular weight excluding hydrogens is 160 g/mol. The zero-order valence-electron chi connectivity index (χ0n) is 9.34. The van der Waals surface area contributed by atoms with Gasteiger partial charge < -0.3 is 0 Å². The highest BCUT2D eigenvalue weighted by Gasteiger charge is 2.29. The third kappa shape index (κ3) is 2.68. The second-order valence-electron chi connectivity index (χ2n) is 4.87. The van der Waals surface area contributed by atoms with E-state index in [1.165, 1.54) is 32.1 Å². The van der Waals surface area contributed by atoms with Crippen molar-refractivity contribution < 1.29 is 0 Å². The molecular formula is C11H24N2. The van der Waals surface area contributed by atoms with Crippen molar-refractivity contribution in [3.8, 4) is 0 Å². The zero-order valence-corrected chi connectivity index (χ0v) is 9.34. The van der Waals surface area contributed by atoms with E-state index in [9.17, 15) is 0 Å². The maximum absolute atomic E-state index is 6.17. The number of rotatable bonds is 3. The van der Waals surface area contributed by atoms with Gasteiger partial charge in [0.1, 0.15) is 0 Å². The molecule has 0 unspecified atom stereocenters. The Kier molecular flexibility index (Phi) is 3.74. The summed E-state index contributed by atoms with van der Waals surface area (Å²) in [7, 11) is 0. The zero-order chi connectivity index (χ0) is 9.90. The molecule has 0 radical (unpaired) electrons. The minimum Gasteiger partial charge on any atom is -0.268 e. The molecule has 0 amide bonds. The van der Waals surface area contributed by atoms with Gasteiger partial charge in [-0.3, -0.25) is 5.84 Å². The van der Waals surface area contributed by atoms with E-state index >= 15 is 0 Å². The molecule has 0 aliphatic heterocycles. The molecule has 0 spiro atoms. The summed E-state index contributed by atoms with van der Waals surface area (Å²) in [6.07, 6.45) is 7.83. The van der Waals surface area contributed by atoms with Gasteiger partial charge in [0, 0.05) is 11.6 Å². The Morgan fingerprint density at radius 2 is 1.77 bits per heavy atom. The summed E-state index contributed by atoms with van der Waals surface area (Å²) < 4.78 is 0. The molecule has 0 atom stereocenters. The third-order valence-electron chi connectivity index (χ3n) is 3.53. The predicted octanol–water partition coefficient (Wildman–Crippen LogP) is 2.68. The van der Waals surface area contributed by atoms with Gasteiger partial charge >= 0.3 is 0 Å². The van der Waals surface area contributed by atoms with E-state index in [-0.39, 0.29) is 5.54 Å². The first-order chi connectivity index (χ1) is 6.08. The van der Waals surface area contributed by atoms with Crippen molar-refractivity contribution in [2.24, 2.45) is 5.84 Å². The van der Waals surface area contributed by atoms with Crippen LogP contribution < -0.4 is 5.84 Å². The van der Waals surface area contributed by atoms with Gasteiger partial charge in [0.05, 0.1) is 0 Å². The van der Waals surface area contributed by atoms with Crippen LogP contribution in [0.5, 0.6) is 0 Å². The van der Waals surface area contributed by atoms with Crippen LogP contribution in [-0.2, 0) is 0 Å². The minimum absolute atomic E-state index is 0.169. The summed E-state index contributed by atoms with van der Waals surface area (Å²) in [5, 5.41) is 2.10. The third-order valence-corrected chi connectivity index (χ3v) is 3.53. The highest BCUT2D eigenvalue weighted by atomic mass is 15.5. The lowest BCUT2D eigenvalue weighted by atomic mass is 9.91. The predicted molar refractivity (Wildman–Crippen MR) is 57.3 cm³/mol. The monoisotopic (exact) mass is 184 g/mol. The first-order valence-corrected chi connectivity index (χ1v) is 5.62. The van der Waals surface area contributed by atoms with Crippen molar-refractivity contribution >= 4 is 0 Å². The standard InChI is InChI=1S/C11H24N2/c1-4-11(2,3)13(12)10-8-6-5-7-9-10/h10H,4-9,12H2,1-3H3. The molecule has 1 fully saturated rings. The van der Waals surface area contributed by atoms with Crippen molar-refractivity contribution in [2.75, 3.05) is 0 Å². The first kappa shape index (κ1) is 11.0. The van der Waals surface area contributed by atoms with Gasteiger partial charge in [-0.2, -0.15) is 0 Å². The van der Waals surface area contributed by atoms with Crippen molar-refractivity contribution in [1.82, 2.24) is 5.01 Å². The molecule has 78 valence electrons. The summed E-state index contributed by atoms with van der Waals surface area (Å²) in [5.41, 5.74) is 0.169. The highest BCUT2D eigenvalue weighted by molar-refractivity contribution is 4.83. The molecule has 0 aromatic heterocycles. The Morgan fingerprint density at radius 1 is 1.23 bits per heavy atom. The van der Waals surface area contributed by atoms with E-state index in [1.807, 2.05) is 0 Å². The van der Waals surface area contributed by atoms with Gasteiger partial charge in [-0.05, 0) is 33.1 Å². The molecule has 0 heterocycles. The SMILES string of the molecule is CCC(C)(C)N(N)C1CCCCC1. The number of hydrogen-bond acceptors (Lipinski definition) is 2. The quantitative estimate of drug-likeness (QED) is 0.540. The first-order valence-electron chi connectivity index (χ1n) is 5.62. The van der Waals surface area contributed by atoms with E-state index in [0.717, 1.165) is 6.42 Å². The average molecular weight is 184 g/mol. The van der Waals surface area contributed by atoms with Gasteiger partial charge in [-0.15, -0.1) is 0 Å². The fourth-order valence-corrected chi connectivity index (χ4v) is 2.04. The Morgan fingerprint density at radius 3 is 2.23 bits per heavy atom. The van der Waals surface area contributed by atoms with Crippen LogP contribution in [0.3, 0.4) is 0 Å². The molecule has 0 aromatic rings. The molecule has 0 aromatic carbocycles. The van der Waals surface area contributed by atoms with Crippen molar-refractivity contribution in [2.45, 2.75) is 70.9 Å². The average Bonchev–Trinajstić information content (AvgIpc) is 2.18.